The molecule has 0 unspecified atom stereocenters. The lowest BCUT2D eigenvalue weighted by atomic mass is 10.2. The van der Waals surface area contributed by atoms with Gasteiger partial charge in [-0.2, -0.15) is 11.8 Å². The largest absolute Gasteiger partial charge is 0.370 e. The van der Waals surface area contributed by atoms with Gasteiger partial charge in [0.05, 0.1) is 13.1 Å². The van der Waals surface area contributed by atoms with Gasteiger partial charge in [0.15, 0.2) is 5.96 Å². The fourth-order valence-electron chi connectivity index (χ4n) is 2.46. The monoisotopic (exact) mass is 363 g/mol. The molecule has 2 N–H and O–H groups in total. The number of carbonyl (C=O) groups is 1. The Balaban J connectivity index is 1.91. The summed E-state index contributed by atoms with van der Waals surface area (Å²) in [7, 11) is 3.49. The zero-order valence-corrected chi connectivity index (χ0v) is 16.2. The molecule has 6 nitrogen and oxygen atoms in total. The summed E-state index contributed by atoms with van der Waals surface area (Å²) in [5, 5.41) is 6.24. The minimum absolute atomic E-state index is 0.0228. The molecule has 0 radical (unpaired) electrons. The van der Waals surface area contributed by atoms with Gasteiger partial charge >= 0.3 is 0 Å². The summed E-state index contributed by atoms with van der Waals surface area (Å²) < 4.78 is 0. The van der Waals surface area contributed by atoms with Gasteiger partial charge in [-0.15, -0.1) is 0 Å². The summed E-state index contributed by atoms with van der Waals surface area (Å²) in [4.78, 5) is 20.2. The molecular weight excluding hydrogens is 334 g/mol. The van der Waals surface area contributed by atoms with Crippen molar-refractivity contribution in [1.29, 1.82) is 0 Å². The number of guanidine groups is 1. The second kappa shape index (κ2) is 10.2. The highest BCUT2D eigenvalue weighted by Gasteiger charge is 2.10. The van der Waals surface area contributed by atoms with E-state index in [-0.39, 0.29) is 12.5 Å². The van der Waals surface area contributed by atoms with Crippen molar-refractivity contribution in [2.75, 3.05) is 56.7 Å². The van der Waals surface area contributed by atoms with E-state index in [2.05, 4.69) is 44.8 Å². The lowest BCUT2D eigenvalue weighted by Gasteiger charge is -2.28. The van der Waals surface area contributed by atoms with Crippen LogP contribution in [0.25, 0.3) is 0 Å². The van der Waals surface area contributed by atoms with Crippen molar-refractivity contribution in [3.8, 4) is 0 Å². The van der Waals surface area contributed by atoms with Crippen LogP contribution in [0.5, 0.6) is 0 Å². The molecule has 0 atom stereocenters. The van der Waals surface area contributed by atoms with Crippen molar-refractivity contribution in [2.24, 2.45) is 4.99 Å². The lowest BCUT2D eigenvalue weighted by Crippen LogP contribution is -2.42. The van der Waals surface area contributed by atoms with Crippen molar-refractivity contribution >= 4 is 29.3 Å². The van der Waals surface area contributed by atoms with Crippen molar-refractivity contribution in [3.05, 3.63) is 29.8 Å². The normalized spacial score (nSPS) is 15.0. The number of hydrogen-bond donors (Lipinski definition) is 2. The topological polar surface area (TPSA) is 60.0 Å². The van der Waals surface area contributed by atoms with E-state index >= 15 is 0 Å². The molecule has 138 valence electrons. The van der Waals surface area contributed by atoms with Crippen LogP contribution in [0.1, 0.15) is 12.5 Å². The predicted molar refractivity (Wildman–Crippen MR) is 107 cm³/mol. The summed E-state index contributed by atoms with van der Waals surface area (Å²) in [6.07, 6.45) is 0. The number of nitrogens with zero attached hydrogens (tertiary/aromatic N) is 3. The Bertz CT molecular complexity index is 567. The van der Waals surface area contributed by atoms with Crippen LogP contribution < -0.4 is 15.5 Å². The van der Waals surface area contributed by atoms with Gasteiger partial charge in [0, 0.05) is 50.9 Å². The molecule has 0 bridgehead atoms. The maximum absolute atomic E-state index is 11.7. The highest BCUT2D eigenvalue weighted by Crippen LogP contribution is 2.20. The maximum atomic E-state index is 11.7. The number of hydrogen-bond acceptors (Lipinski definition) is 4. The van der Waals surface area contributed by atoms with E-state index in [1.165, 1.54) is 17.2 Å². The molecule has 0 aliphatic carbocycles. The summed E-state index contributed by atoms with van der Waals surface area (Å²) in [6, 6.07) is 8.62. The van der Waals surface area contributed by atoms with Crippen molar-refractivity contribution in [1.82, 2.24) is 15.5 Å². The van der Waals surface area contributed by atoms with Crippen molar-refractivity contribution < 1.29 is 4.79 Å². The first kappa shape index (κ1) is 19.4. The number of anilines is 1. The molecule has 1 aromatic carbocycles. The summed E-state index contributed by atoms with van der Waals surface area (Å²) >= 11 is 2.02. The number of rotatable bonds is 6. The van der Waals surface area contributed by atoms with Crippen LogP contribution in [-0.4, -0.2) is 68.5 Å². The van der Waals surface area contributed by atoms with Gasteiger partial charge in [0.2, 0.25) is 5.91 Å². The highest BCUT2D eigenvalue weighted by molar-refractivity contribution is 7.99. The minimum Gasteiger partial charge on any atom is -0.370 e. The molecule has 1 aliphatic rings. The van der Waals surface area contributed by atoms with Gasteiger partial charge in [-0.25, -0.2) is 4.99 Å². The molecule has 1 aromatic rings. The van der Waals surface area contributed by atoms with Crippen LogP contribution in [0.3, 0.4) is 0 Å². The Labute approximate surface area is 155 Å². The number of nitrogens with one attached hydrogen (secondary N) is 2. The minimum atomic E-state index is 0.0228. The van der Waals surface area contributed by atoms with Crippen LogP contribution in [0.4, 0.5) is 5.69 Å². The maximum Gasteiger partial charge on any atom is 0.241 e. The quantitative estimate of drug-likeness (QED) is 0.591. The Hall–Kier alpha value is -1.89. The van der Waals surface area contributed by atoms with E-state index in [0.29, 0.717) is 12.5 Å². The standard InChI is InChI=1S/C18H29N5OS/c1-4-19-18(21-14-17(24)22(2)3)20-13-15-5-7-16(8-6-15)23-9-11-25-12-10-23/h5-8H,4,9-14H2,1-3H3,(H2,19,20,21). The smallest absolute Gasteiger partial charge is 0.241 e. The molecule has 0 spiro atoms. The summed E-state index contributed by atoms with van der Waals surface area (Å²) in [6.45, 7) is 5.84. The third-order valence-electron chi connectivity index (χ3n) is 3.98. The fourth-order valence-corrected chi connectivity index (χ4v) is 3.37. The lowest BCUT2D eigenvalue weighted by molar-refractivity contribution is -0.127. The molecule has 1 aliphatic heterocycles. The Morgan fingerprint density at radius 3 is 2.48 bits per heavy atom. The molecule has 1 saturated heterocycles. The Kier molecular flexibility index (Phi) is 7.91. The van der Waals surface area contributed by atoms with E-state index in [1.54, 1.807) is 19.0 Å². The first-order chi connectivity index (χ1) is 12.1. The highest BCUT2D eigenvalue weighted by atomic mass is 32.2. The number of aliphatic imine (C=N–C) groups is 1. The van der Waals surface area contributed by atoms with Gasteiger partial charge in [-0.05, 0) is 24.6 Å². The van der Waals surface area contributed by atoms with Crippen LogP contribution in [0, 0.1) is 0 Å². The van der Waals surface area contributed by atoms with Crippen LogP contribution >= 0.6 is 11.8 Å². The molecule has 0 saturated carbocycles. The zero-order chi connectivity index (χ0) is 18.1. The molecule has 25 heavy (non-hydrogen) atoms. The molecule has 1 fully saturated rings. The Morgan fingerprint density at radius 2 is 1.88 bits per heavy atom. The molecular formula is C18H29N5OS. The number of benzene rings is 1. The molecule has 2 rings (SSSR count). The van der Waals surface area contributed by atoms with Crippen molar-refractivity contribution in [2.45, 2.75) is 13.5 Å². The van der Waals surface area contributed by atoms with E-state index in [4.69, 9.17) is 0 Å². The van der Waals surface area contributed by atoms with Gasteiger partial charge in [-0.1, -0.05) is 12.1 Å². The van der Waals surface area contributed by atoms with Crippen molar-refractivity contribution in [3.63, 3.8) is 0 Å². The second-order valence-electron chi connectivity index (χ2n) is 6.10. The first-order valence-electron chi connectivity index (χ1n) is 8.74. The predicted octanol–water partition coefficient (Wildman–Crippen LogP) is 1.38. The average Bonchev–Trinajstić information content (AvgIpc) is 2.64. The molecule has 1 heterocycles. The van der Waals surface area contributed by atoms with E-state index < -0.39 is 0 Å². The summed E-state index contributed by atoms with van der Waals surface area (Å²) in [5.41, 5.74) is 2.45. The summed E-state index contributed by atoms with van der Waals surface area (Å²) in [5.74, 6) is 3.09. The number of amides is 1. The van der Waals surface area contributed by atoms with Crippen LogP contribution in [-0.2, 0) is 11.3 Å². The van der Waals surface area contributed by atoms with E-state index in [0.717, 1.165) is 25.2 Å². The van der Waals surface area contributed by atoms with Gasteiger partial charge in [0.1, 0.15) is 0 Å². The number of carbonyl (C=O) groups excluding carboxylic acids is 1. The second-order valence-corrected chi connectivity index (χ2v) is 7.33. The SMILES string of the molecule is CCNC(=NCc1ccc(N2CCSCC2)cc1)NCC(=O)N(C)C. The van der Waals surface area contributed by atoms with Gasteiger partial charge in [-0.3, -0.25) is 4.79 Å². The van der Waals surface area contributed by atoms with Gasteiger partial charge < -0.3 is 20.4 Å². The van der Waals surface area contributed by atoms with Gasteiger partial charge in [0.25, 0.3) is 0 Å². The fraction of sp³-hybridized carbons (Fsp3) is 0.556. The third kappa shape index (κ3) is 6.49. The van der Waals surface area contributed by atoms with Crippen LogP contribution in [0.15, 0.2) is 29.3 Å². The first-order valence-corrected chi connectivity index (χ1v) is 9.89. The Morgan fingerprint density at radius 1 is 1.20 bits per heavy atom. The number of likely N-dealkylation sites (N-methyl/N-ethyl adjacent to an activating group) is 1. The third-order valence-corrected chi connectivity index (χ3v) is 4.92. The average molecular weight is 364 g/mol. The van der Waals surface area contributed by atoms with Crippen LogP contribution in [0.2, 0.25) is 0 Å². The number of thioether (sulfide) groups is 1. The zero-order valence-electron chi connectivity index (χ0n) is 15.4. The molecule has 0 aromatic heterocycles. The van der Waals surface area contributed by atoms with E-state index in [9.17, 15) is 4.79 Å². The molecule has 7 heteroatoms. The molecule has 1 amide bonds. The van der Waals surface area contributed by atoms with E-state index in [1.807, 2.05) is 18.7 Å².